The quantitative estimate of drug-likeness (QED) is 0.912. The molecule has 1 aliphatic rings. The molecule has 0 bridgehead atoms. The monoisotopic (exact) mass is 305 g/mol. The molecule has 1 amide bonds. The average Bonchev–Trinajstić information content (AvgIpc) is 2.45. The van der Waals surface area contributed by atoms with E-state index in [1.54, 1.807) is 4.90 Å². The lowest BCUT2D eigenvalue weighted by Crippen LogP contribution is -2.54. The predicted octanol–water partition coefficient (Wildman–Crippen LogP) is 2.59. The van der Waals surface area contributed by atoms with E-state index >= 15 is 0 Å². The van der Waals surface area contributed by atoms with Gasteiger partial charge in [-0.1, -0.05) is 18.2 Å². The molecule has 2 rings (SSSR count). The van der Waals surface area contributed by atoms with Crippen LogP contribution in [0.2, 0.25) is 0 Å². The normalized spacial score (nSPS) is 19.2. The van der Waals surface area contributed by atoms with Crippen molar-refractivity contribution in [3.63, 3.8) is 0 Å². The second-order valence-electron chi connectivity index (χ2n) is 6.80. The molecule has 1 unspecified atom stereocenters. The minimum atomic E-state index is -0.455. The molecule has 2 N–H and O–H groups in total. The van der Waals surface area contributed by atoms with Crippen LogP contribution in [0.25, 0.3) is 0 Å². The number of hydrogen-bond acceptors (Lipinski definition) is 4. The highest BCUT2D eigenvalue weighted by Crippen LogP contribution is 2.25. The smallest absolute Gasteiger partial charge is 0.410 e. The van der Waals surface area contributed by atoms with Gasteiger partial charge in [0, 0.05) is 37.9 Å². The Labute approximate surface area is 133 Å². The van der Waals surface area contributed by atoms with E-state index in [-0.39, 0.29) is 12.1 Å². The SMILES string of the molecule is CC1CN(C(=O)OC(C)(C)C)CCN1c1ccccc1CN. The molecule has 1 aliphatic heterocycles. The van der Waals surface area contributed by atoms with E-state index in [9.17, 15) is 4.79 Å². The van der Waals surface area contributed by atoms with Crippen molar-refractivity contribution in [1.82, 2.24) is 4.90 Å². The fourth-order valence-corrected chi connectivity index (χ4v) is 2.77. The van der Waals surface area contributed by atoms with E-state index < -0.39 is 5.60 Å². The molecule has 1 atom stereocenters. The van der Waals surface area contributed by atoms with Crippen molar-refractivity contribution in [3.8, 4) is 0 Å². The molecule has 122 valence electrons. The highest BCUT2D eigenvalue weighted by molar-refractivity contribution is 5.69. The number of amides is 1. The first kappa shape index (κ1) is 16.6. The molecule has 1 aromatic carbocycles. The van der Waals surface area contributed by atoms with Gasteiger partial charge in [0.1, 0.15) is 5.60 Å². The lowest BCUT2D eigenvalue weighted by atomic mass is 10.1. The van der Waals surface area contributed by atoms with E-state index in [0.29, 0.717) is 19.6 Å². The number of nitrogens with zero attached hydrogens (tertiary/aromatic N) is 2. The molecule has 5 heteroatoms. The molecule has 0 aromatic heterocycles. The van der Waals surface area contributed by atoms with E-state index in [4.69, 9.17) is 10.5 Å². The molecule has 0 saturated carbocycles. The van der Waals surface area contributed by atoms with Crippen LogP contribution < -0.4 is 10.6 Å². The van der Waals surface area contributed by atoms with E-state index in [0.717, 1.165) is 12.1 Å². The third-order valence-corrected chi connectivity index (χ3v) is 3.80. The van der Waals surface area contributed by atoms with Crippen molar-refractivity contribution in [2.45, 2.75) is 45.9 Å². The third kappa shape index (κ3) is 3.91. The molecule has 0 aliphatic carbocycles. The Balaban J connectivity index is 2.05. The van der Waals surface area contributed by atoms with Crippen molar-refractivity contribution in [3.05, 3.63) is 29.8 Å². The average molecular weight is 305 g/mol. The summed E-state index contributed by atoms with van der Waals surface area (Å²) in [7, 11) is 0. The maximum atomic E-state index is 12.2. The molecule has 0 radical (unpaired) electrons. The number of anilines is 1. The zero-order chi connectivity index (χ0) is 16.3. The highest BCUT2D eigenvalue weighted by Gasteiger charge is 2.30. The summed E-state index contributed by atoms with van der Waals surface area (Å²) in [6.07, 6.45) is -0.230. The van der Waals surface area contributed by atoms with Gasteiger partial charge in [0.15, 0.2) is 0 Å². The van der Waals surface area contributed by atoms with Crippen LogP contribution >= 0.6 is 0 Å². The zero-order valence-electron chi connectivity index (χ0n) is 14.0. The van der Waals surface area contributed by atoms with E-state index in [1.807, 2.05) is 32.9 Å². The molecule has 1 heterocycles. The van der Waals surface area contributed by atoms with Crippen LogP contribution in [0.5, 0.6) is 0 Å². The first-order chi connectivity index (χ1) is 10.3. The number of carbonyl (C=O) groups is 1. The van der Waals surface area contributed by atoms with Gasteiger partial charge in [-0.25, -0.2) is 4.79 Å². The van der Waals surface area contributed by atoms with Gasteiger partial charge in [0.05, 0.1) is 0 Å². The fraction of sp³-hybridized carbons (Fsp3) is 0.588. The van der Waals surface area contributed by atoms with Crippen molar-refractivity contribution in [1.29, 1.82) is 0 Å². The Morgan fingerprint density at radius 3 is 2.59 bits per heavy atom. The summed E-state index contributed by atoms with van der Waals surface area (Å²) in [6, 6.07) is 8.42. The van der Waals surface area contributed by atoms with Gasteiger partial charge in [-0.15, -0.1) is 0 Å². The van der Waals surface area contributed by atoms with Crippen LogP contribution in [0.4, 0.5) is 10.5 Å². The first-order valence-corrected chi connectivity index (χ1v) is 7.84. The van der Waals surface area contributed by atoms with Crippen LogP contribution in [-0.2, 0) is 11.3 Å². The number of benzene rings is 1. The van der Waals surface area contributed by atoms with E-state index in [2.05, 4.69) is 24.0 Å². The van der Waals surface area contributed by atoms with Crippen molar-refractivity contribution in [2.24, 2.45) is 5.73 Å². The molecule has 22 heavy (non-hydrogen) atoms. The maximum absolute atomic E-state index is 12.2. The zero-order valence-corrected chi connectivity index (χ0v) is 14.0. The van der Waals surface area contributed by atoms with Crippen LogP contribution in [0, 0.1) is 0 Å². The first-order valence-electron chi connectivity index (χ1n) is 7.84. The van der Waals surface area contributed by atoms with Crippen LogP contribution in [0.15, 0.2) is 24.3 Å². The van der Waals surface area contributed by atoms with Gasteiger partial charge in [-0.2, -0.15) is 0 Å². The summed E-state index contributed by atoms with van der Waals surface area (Å²) < 4.78 is 5.46. The Morgan fingerprint density at radius 2 is 2.00 bits per heavy atom. The molecule has 1 fully saturated rings. The van der Waals surface area contributed by atoms with Crippen molar-refractivity contribution < 1.29 is 9.53 Å². The summed E-state index contributed by atoms with van der Waals surface area (Å²) in [5.41, 5.74) is 7.69. The lowest BCUT2D eigenvalue weighted by molar-refractivity contribution is 0.0219. The Hall–Kier alpha value is -1.75. The lowest BCUT2D eigenvalue weighted by Gasteiger charge is -2.42. The topological polar surface area (TPSA) is 58.8 Å². The second-order valence-corrected chi connectivity index (χ2v) is 6.80. The fourth-order valence-electron chi connectivity index (χ4n) is 2.77. The maximum Gasteiger partial charge on any atom is 0.410 e. The summed E-state index contributed by atoms with van der Waals surface area (Å²) >= 11 is 0. The highest BCUT2D eigenvalue weighted by atomic mass is 16.6. The Morgan fingerprint density at radius 1 is 1.32 bits per heavy atom. The summed E-state index contributed by atoms with van der Waals surface area (Å²) in [5.74, 6) is 0. The van der Waals surface area contributed by atoms with Gasteiger partial charge >= 0.3 is 6.09 Å². The van der Waals surface area contributed by atoms with Crippen molar-refractivity contribution >= 4 is 11.8 Å². The number of hydrogen-bond donors (Lipinski definition) is 1. The van der Waals surface area contributed by atoms with Crippen molar-refractivity contribution in [2.75, 3.05) is 24.5 Å². The van der Waals surface area contributed by atoms with Crippen LogP contribution in [0.3, 0.4) is 0 Å². The minimum Gasteiger partial charge on any atom is -0.444 e. The summed E-state index contributed by atoms with van der Waals surface area (Å²) in [4.78, 5) is 16.3. The standard InChI is InChI=1S/C17H27N3O2/c1-13-12-19(16(21)22-17(2,3)4)9-10-20(13)15-8-6-5-7-14(15)11-18/h5-8,13H,9-12,18H2,1-4H3. The van der Waals surface area contributed by atoms with Gasteiger partial charge in [-0.05, 0) is 39.3 Å². The molecule has 1 saturated heterocycles. The van der Waals surface area contributed by atoms with E-state index in [1.165, 1.54) is 5.69 Å². The number of ether oxygens (including phenoxy) is 1. The number of para-hydroxylation sites is 1. The molecular formula is C17H27N3O2. The molecule has 5 nitrogen and oxygen atoms in total. The third-order valence-electron chi connectivity index (χ3n) is 3.80. The molecular weight excluding hydrogens is 278 g/mol. The largest absolute Gasteiger partial charge is 0.444 e. The Kier molecular flexibility index (Phi) is 4.96. The van der Waals surface area contributed by atoms with Crippen LogP contribution in [0.1, 0.15) is 33.3 Å². The molecule has 1 aromatic rings. The number of rotatable bonds is 2. The Bertz CT molecular complexity index is 525. The minimum absolute atomic E-state index is 0.230. The second kappa shape index (κ2) is 6.57. The summed E-state index contributed by atoms with van der Waals surface area (Å²) in [5, 5.41) is 0. The van der Waals surface area contributed by atoms with Gasteiger partial charge in [0.2, 0.25) is 0 Å². The van der Waals surface area contributed by atoms with Gasteiger partial charge in [-0.3, -0.25) is 0 Å². The van der Waals surface area contributed by atoms with Gasteiger partial charge in [0.25, 0.3) is 0 Å². The number of piperazine rings is 1. The van der Waals surface area contributed by atoms with Gasteiger partial charge < -0.3 is 20.3 Å². The number of nitrogens with two attached hydrogens (primary N) is 1. The predicted molar refractivity (Wildman–Crippen MR) is 88.9 cm³/mol. The number of carbonyl (C=O) groups excluding carboxylic acids is 1. The van der Waals surface area contributed by atoms with Crippen LogP contribution in [-0.4, -0.2) is 42.3 Å². The molecule has 0 spiro atoms. The summed E-state index contributed by atoms with van der Waals surface area (Å²) in [6.45, 7) is 10.4.